The third-order valence-corrected chi connectivity index (χ3v) is 2.88. The van der Waals surface area contributed by atoms with E-state index in [0.29, 0.717) is 24.5 Å². The van der Waals surface area contributed by atoms with Gasteiger partial charge in [-0.25, -0.2) is 8.78 Å². The van der Waals surface area contributed by atoms with Crippen molar-refractivity contribution in [2.45, 2.75) is 26.4 Å². The highest BCUT2D eigenvalue weighted by molar-refractivity contribution is 7.98. The zero-order valence-corrected chi connectivity index (χ0v) is 11.7. The Kier molecular flexibility index (Phi) is 6.43. The summed E-state index contributed by atoms with van der Waals surface area (Å²) in [6.45, 7) is 4.70. The molecule has 0 saturated heterocycles. The molecular formula is C13H19F2NOS. The van der Waals surface area contributed by atoms with E-state index < -0.39 is 11.6 Å². The number of ether oxygens (including phenoxy) is 1. The Hall–Kier alpha value is -0.810. The van der Waals surface area contributed by atoms with Crippen molar-refractivity contribution in [2.75, 3.05) is 18.6 Å². The van der Waals surface area contributed by atoms with E-state index in [-0.39, 0.29) is 11.8 Å². The van der Waals surface area contributed by atoms with Crippen molar-refractivity contribution in [1.29, 1.82) is 0 Å². The van der Waals surface area contributed by atoms with Crippen molar-refractivity contribution in [3.63, 3.8) is 0 Å². The SMILES string of the molecule is CSCCOc1c(F)cc(CNC(C)C)cc1F. The molecule has 1 N–H and O–H groups in total. The van der Waals surface area contributed by atoms with E-state index in [4.69, 9.17) is 4.74 Å². The maximum Gasteiger partial charge on any atom is 0.190 e. The minimum absolute atomic E-state index is 0.272. The molecule has 2 nitrogen and oxygen atoms in total. The molecule has 1 aromatic carbocycles. The summed E-state index contributed by atoms with van der Waals surface area (Å²) in [4.78, 5) is 0. The minimum atomic E-state index is -0.642. The average molecular weight is 275 g/mol. The Morgan fingerprint density at radius 3 is 2.39 bits per heavy atom. The zero-order valence-electron chi connectivity index (χ0n) is 10.9. The monoisotopic (exact) mass is 275 g/mol. The number of hydrogen-bond donors (Lipinski definition) is 1. The van der Waals surface area contributed by atoms with Crippen LogP contribution in [0.1, 0.15) is 19.4 Å². The fourth-order valence-electron chi connectivity index (χ4n) is 1.40. The van der Waals surface area contributed by atoms with Crippen molar-refractivity contribution in [3.05, 3.63) is 29.3 Å². The molecule has 0 aliphatic heterocycles. The predicted molar refractivity (Wildman–Crippen MR) is 72.2 cm³/mol. The van der Waals surface area contributed by atoms with Gasteiger partial charge in [-0.05, 0) is 24.0 Å². The van der Waals surface area contributed by atoms with Gasteiger partial charge in [0, 0.05) is 18.3 Å². The van der Waals surface area contributed by atoms with Gasteiger partial charge in [0.25, 0.3) is 0 Å². The highest BCUT2D eigenvalue weighted by Gasteiger charge is 2.12. The van der Waals surface area contributed by atoms with Crippen LogP contribution in [0.5, 0.6) is 5.75 Å². The molecule has 18 heavy (non-hydrogen) atoms. The molecule has 0 unspecified atom stereocenters. The van der Waals surface area contributed by atoms with Gasteiger partial charge in [-0.2, -0.15) is 11.8 Å². The Bertz CT molecular complexity index is 362. The summed E-state index contributed by atoms with van der Waals surface area (Å²) in [7, 11) is 0. The van der Waals surface area contributed by atoms with E-state index in [1.807, 2.05) is 20.1 Å². The molecule has 0 atom stereocenters. The van der Waals surface area contributed by atoms with E-state index in [0.717, 1.165) is 0 Å². The summed E-state index contributed by atoms with van der Waals surface area (Å²) >= 11 is 1.57. The quantitative estimate of drug-likeness (QED) is 0.772. The van der Waals surface area contributed by atoms with Crippen molar-refractivity contribution in [2.24, 2.45) is 0 Å². The van der Waals surface area contributed by atoms with Gasteiger partial charge in [0.05, 0.1) is 6.61 Å². The number of rotatable bonds is 7. The standard InChI is InChI=1S/C13H19F2NOS/c1-9(2)16-8-10-6-11(14)13(12(15)7-10)17-4-5-18-3/h6-7,9,16H,4-5,8H2,1-3H3. The molecule has 1 rings (SSSR count). The lowest BCUT2D eigenvalue weighted by Crippen LogP contribution is -2.22. The molecule has 0 heterocycles. The molecule has 102 valence electrons. The number of benzene rings is 1. The number of halogens is 2. The Labute approximate surface area is 111 Å². The van der Waals surface area contributed by atoms with Gasteiger partial charge in [0.15, 0.2) is 17.4 Å². The fraction of sp³-hybridized carbons (Fsp3) is 0.538. The smallest absolute Gasteiger partial charge is 0.190 e. The molecule has 1 aromatic rings. The molecule has 0 aliphatic rings. The summed E-state index contributed by atoms with van der Waals surface area (Å²) in [5.74, 6) is -0.860. The van der Waals surface area contributed by atoms with Crippen LogP contribution < -0.4 is 10.1 Å². The summed E-state index contributed by atoms with van der Waals surface area (Å²) in [6, 6.07) is 2.90. The lowest BCUT2D eigenvalue weighted by atomic mass is 10.2. The van der Waals surface area contributed by atoms with Crippen molar-refractivity contribution in [1.82, 2.24) is 5.32 Å². The topological polar surface area (TPSA) is 21.3 Å². The van der Waals surface area contributed by atoms with E-state index in [1.165, 1.54) is 12.1 Å². The fourth-order valence-corrected chi connectivity index (χ4v) is 1.65. The van der Waals surface area contributed by atoms with Crippen molar-refractivity contribution >= 4 is 11.8 Å². The highest BCUT2D eigenvalue weighted by atomic mass is 32.2. The van der Waals surface area contributed by atoms with Gasteiger partial charge in [0.2, 0.25) is 0 Å². The lowest BCUT2D eigenvalue weighted by Gasteiger charge is -2.11. The van der Waals surface area contributed by atoms with E-state index in [1.54, 1.807) is 11.8 Å². The van der Waals surface area contributed by atoms with E-state index in [9.17, 15) is 8.78 Å². The summed E-state index contributed by atoms with van der Waals surface area (Å²) in [5, 5.41) is 3.11. The molecule has 5 heteroatoms. The summed E-state index contributed by atoms with van der Waals surface area (Å²) in [5.41, 5.74) is 0.580. The summed E-state index contributed by atoms with van der Waals surface area (Å²) in [6.07, 6.45) is 1.91. The third-order valence-electron chi connectivity index (χ3n) is 2.31. The molecule has 0 radical (unpaired) electrons. The van der Waals surface area contributed by atoms with E-state index >= 15 is 0 Å². The number of hydrogen-bond acceptors (Lipinski definition) is 3. The molecule has 0 saturated carbocycles. The predicted octanol–water partition coefficient (Wildman–Crippen LogP) is 3.20. The van der Waals surface area contributed by atoms with Gasteiger partial charge in [-0.1, -0.05) is 13.8 Å². The van der Waals surface area contributed by atoms with Crippen LogP contribution in [0.25, 0.3) is 0 Å². The van der Waals surface area contributed by atoms with Gasteiger partial charge < -0.3 is 10.1 Å². The van der Waals surface area contributed by atoms with Crippen LogP contribution in [0, 0.1) is 11.6 Å². The highest BCUT2D eigenvalue weighted by Crippen LogP contribution is 2.23. The van der Waals surface area contributed by atoms with Crippen molar-refractivity contribution < 1.29 is 13.5 Å². The van der Waals surface area contributed by atoms with Crippen LogP contribution >= 0.6 is 11.8 Å². The van der Waals surface area contributed by atoms with Crippen LogP contribution in [0.15, 0.2) is 12.1 Å². The lowest BCUT2D eigenvalue weighted by molar-refractivity contribution is 0.305. The van der Waals surface area contributed by atoms with Crippen molar-refractivity contribution in [3.8, 4) is 5.75 Å². The molecule has 0 aromatic heterocycles. The second kappa shape index (κ2) is 7.59. The first-order valence-corrected chi connectivity index (χ1v) is 7.27. The maximum atomic E-state index is 13.7. The molecule has 0 aliphatic carbocycles. The molecule has 0 bridgehead atoms. The molecule has 0 fully saturated rings. The van der Waals surface area contributed by atoms with Gasteiger partial charge in [-0.3, -0.25) is 0 Å². The Morgan fingerprint density at radius 1 is 1.28 bits per heavy atom. The first-order valence-electron chi connectivity index (χ1n) is 5.87. The zero-order chi connectivity index (χ0) is 13.5. The molecule has 0 amide bonds. The second-order valence-corrected chi connectivity index (χ2v) is 5.25. The average Bonchev–Trinajstić information content (AvgIpc) is 2.30. The molecule has 0 spiro atoms. The first-order chi connectivity index (χ1) is 8.54. The summed E-state index contributed by atoms with van der Waals surface area (Å²) < 4.78 is 32.4. The number of nitrogens with one attached hydrogen (secondary N) is 1. The Balaban J connectivity index is 2.71. The third kappa shape index (κ3) is 4.82. The normalized spacial score (nSPS) is 11.0. The van der Waals surface area contributed by atoms with E-state index in [2.05, 4.69) is 5.32 Å². The largest absolute Gasteiger partial charge is 0.487 e. The van der Waals surface area contributed by atoms with Gasteiger partial charge >= 0.3 is 0 Å². The van der Waals surface area contributed by atoms with Gasteiger partial charge in [-0.15, -0.1) is 0 Å². The Morgan fingerprint density at radius 2 is 1.89 bits per heavy atom. The second-order valence-electron chi connectivity index (χ2n) is 4.27. The molecular weight excluding hydrogens is 256 g/mol. The van der Waals surface area contributed by atoms with Crippen LogP contribution in [0.4, 0.5) is 8.78 Å². The van der Waals surface area contributed by atoms with Crippen LogP contribution in [0.2, 0.25) is 0 Å². The van der Waals surface area contributed by atoms with Crippen LogP contribution in [-0.2, 0) is 6.54 Å². The van der Waals surface area contributed by atoms with Crippen LogP contribution in [-0.4, -0.2) is 24.7 Å². The van der Waals surface area contributed by atoms with Crippen LogP contribution in [0.3, 0.4) is 0 Å². The maximum absolute atomic E-state index is 13.7. The minimum Gasteiger partial charge on any atom is -0.487 e. The first kappa shape index (κ1) is 15.2. The van der Waals surface area contributed by atoms with Gasteiger partial charge in [0.1, 0.15) is 0 Å². The number of thioether (sulfide) groups is 1.